The number of nitrogens with zero attached hydrogens (tertiary/aromatic N) is 2. The van der Waals surface area contributed by atoms with Crippen molar-refractivity contribution < 1.29 is 19.1 Å². The number of anilines is 1. The van der Waals surface area contributed by atoms with E-state index in [1.807, 2.05) is 40.6 Å². The van der Waals surface area contributed by atoms with Crippen molar-refractivity contribution in [2.45, 2.75) is 26.4 Å². The number of thiophene rings is 1. The Labute approximate surface area is 211 Å². The Morgan fingerprint density at radius 3 is 2.31 bits per heavy atom. The summed E-state index contributed by atoms with van der Waals surface area (Å²) in [4.78, 5) is 31.2. The SMILES string of the molecule is COCCCN(CC(=O)N(Cc1ccccc1)Cc1sccc1C)C(=O)Nc1ccc(OC)cc1. The summed E-state index contributed by atoms with van der Waals surface area (Å²) in [6, 6.07) is 18.7. The van der Waals surface area contributed by atoms with Gasteiger partial charge in [0.2, 0.25) is 5.91 Å². The molecule has 3 amide bonds. The van der Waals surface area contributed by atoms with E-state index in [1.165, 1.54) is 0 Å². The Morgan fingerprint density at radius 2 is 1.69 bits per heavy atom. The number of nitrogens with one attached hydrogen (secondary N) is 1. The largest absolute Gasteiger partial charge is 0.497 e. The third kappa shape index (κ3) is 8.12. The fraction of sp³-hybridized carbons (Fsp3) is 0.333. The first-order chi connectivity index (χ1) is 17.0. The lowest BCUT2D eigenvalue weighted by molar-refractivity contribution is -0.133. The maximum Gasteiger partial charge on any atom is 0.322 e. The fourth-order valence-electron chi connectivity index (χ4n) is 3.57. The third-order valence-corrected chi connectivity index (χ3v) is 6.61. The van der Waals surface area contributed by atoms with Gasteiger partial charge in [-0.25, -0.2) is 4.79 Å². The van der Waals surface area contributed by atoms with Crippen LogP contribution >= 0.6 is 11.3 Å². The first-order valence-electron chi connectivity index (χ1n) is 11.5. The fourth-order valence-corrected chi connectivity index (χ4v) is 4.49. The number of methoxy groups -OCH3 is 2. The lowest BCUT2D eigenvalue weighted by Gasteiger charge is -2.28. The number of amides is 3. The van der Waals surface area contributed by atoms with Crippen LogP contribution in [-0.4, -0.2) is 55.7 Å². The smallest absolute Gasteiger partial charge is 0.322 e. The van der Waals surface area contributed by atoms with Crippen LogP contribution in [0.25, 0.3) is 0 Å². The molecule has 0 saturated heterocycles. The van der Waals surface area contributed by atoms with Gasteiger partial charge in [0.1, 0.15) is 12.3 Å². The zero-order chi connectivity index (χ0) is 25.0. The van der Waals surface area contributed by atoms with Crippen molar-refractivity contribution in [1.29, 1.82) is 0 Å². The van der Waals surface area contributed by atoms with Gasteiger partial charge in [0.05, 0.1) is 13.7 Å². The van der Waals surface area contributed by atoms with E-state index < -0.39 is 0 Å². The molecule has 0 atom stereocenters. The second-order valence-electron chi connectivity index (χ2n) is 8.19. The predicted molar refractivity (Wildman–Crippen MR) is 140 cm³/mol. The molecule has 2 aromatic carbocycles. The average Bonchev–Trinajstić information content (AvgIpc) is 3.28. The summed E-state index contributed by atoms with van der Waals surface area (Å²) in [6.07, 6.45) is 0.628. The molecule has 8 heteroatoms. The van der Waals surface area contributed by atoms with Crippen molar-refractivity contribution in [3.8, 4) is 5.75 Å². The summed E-state index contributed by atoms with van der Waals surface area (Å²) < 4.78 is 10.3. The zero-order valence-electron chi connectivity index (χ0n) is 20.5. The lowest BCUT2D eigenvalue weighted by atomic mass is 10.2. The van der Waals surface area contributed by atoms with Gasteiger partial charge < -0.3 is 24.6 Å². The Hall–Kier alpha value is -3.36. The summed E-state index contributed by atoms with van der Waals surface area (Å²) in [5.74, 6) is 0.597. The molecule has 0 aliphatic heterocycles. The summed E-state index contributed by atoms with van der Waals surface area (Å²) in [7, 11) is 3.22. The molecule has 0 unspecified atom stereocenters. The van der Waals surface area contributed by atoms with E-state index in [-0.39, 0.29) is 18.5 Å². The molecule has 35 heavy (non-hydrogen) atoms. The number of urea groups is 1. The second kappa shape index (κ2) is 13.5. The highest BCUT2D eigenvalue weighted by molar-refractivity contribution is 7.10. The highest BCUT2D eigenvalue weighted by Gasteiger charge is 2.22. The van der Waals surface area contributed by atoms with Gasteiger partial charge in [0, 0.05) is 37.4 Å². The van der Waals surface area contributed by atoms with Gasteiger partial charge in [-0.15, -0.1) is 11.3 Å². The van der Waals surface area contributed by atoms with Crippen LogP contribution in [0.15, 0.2) is 66.0 Å². The average molecular weight is 496 g/mol. The number of hydrogen-bond acceptors (Lipinski definition) is 5. The quantitative estimate of drug-likeness (QED) is 0.352. The van der Waals surface area contributed by atoms with Crippen LogP contribution in [-0.2, 0) is 22.6 Å². The monoisotopic (exact) mass is 495 g/mol. The van der Waals surface area contributed by atoms with E-state index in [0.717, 1.165) is 16.0 Å². The van der Waals surface area contributed by atoms with E-state index in [0.29, 0.717) is 44.1 Å². The highest BCUT2D eigenvalue weighted by atomic mass is 32.1. The number of benzene rings is 2. The van der Waals surface area contributed by atoms with Gasteiger partial charge in [-0.05, 0) is 60.2 Å². The molecule has 7 nitrogen and oxygen atoms in total. The van der Waals surface area contributed by atoms with Gasteiger partial charge in [0.25, 0.3) is 0 Å². The molecule has 3 aromatic rings. The lowest BCUT2D eigenvalue weighted by Crippen LogP contribution is -2.44. The van der Waals surface area contributed by atoms with E-state index in [1.54, 1.807) is 54.7 Å². The Balaban J connectivity index is 1.75. The summed E-state index contributed by atoms with van der Waals surface area (Å²) in [5, 5.41) is 4.93. The molecular weight excluding hydrogens is 462 g/mol. The molecule has 0 aliphatic carbocycles. The summed E-state index contributed by atoms with van der Waals surface area (Å²) >= 11 is 1.64. The normalized spacial score (nSPS) is 10.6. The first kappa shape index (κ1) is 26.2. The Bertz CT molecular complexity index is 1070. The van der Waals surface area contributed by atoms with Crippen molar-refractivity contribution in [1.82, 2.24) is 9.80 Å². The standard InChI is InChI=1S/C27H33N3O4S/c1-21-14-17-35-25(21)19-30(18-22-8-5-4-6-9-22)26(31)20-29(15-7-16-33-2)27(32)28-23-10-12-24(34-3)13-11-23/h4-6,8-14,17H,7,15-16,18-20H2,1-3H3,(H,28,32). The van der Waals surface area contributed by atoms with Crippen LogP contribution in [0.3, 0.4) is 0 Å². The molecule has 0 bridgehead atoms. The number of hydrogen-bond donors (Lipinski definition) is 1. The number of carbonyl (C=O) groups is 2. The molecule has 1 N–H and O–H groups in total. The van der Waals surface area contributed by atoms with Crippen molar-refractivity contribution >= 4 is 29.0 Å². The molecular formula is C27H33N3O4S. The maximum atomic E-state index is 13.5. The number of aryl methyl sites for hydroxylation is 1. The van der Waals surface area contributed by atoms with Crippen molar-refractivity contribution in [2.75, 3.05) is 39.2 Å². The van der Waals surface area contributed by atoms with Crippen LogP contribution in [0.1, 0.15) is 22.4 Å². The van der Waals surface area contributed by atoms with Gasteiger partial charge in [-0.2, -0.15) is 0 Å². The highest BCUT2D eigenvalue weighted by Crippen LogP contribution is 2.20. The third-order valence-electron chi connectivity index (χ3n) is 5.60. The maximum absolute atomic E-state index is 13.5. The van der Waals surface area contributed by atoms with E-state index in [9.17, 15) is 9.59 Å². The minimum absolute atomic E-state index is 0.0248. The van der Waals surface area contributed by atoms with Crippen LogP contribution < -0.4 is 10.1 Å². The second-order valence-corrected chi connectivity index (χ2v) is 9.19. The topological polar surface area (TPSA) is 71.1 Å². The molecule has 3 rings (SSSR count). The van der Waals surface area contributed by atoms with Gasteiger partial charge in [-0.1, -0.05) is 30.3 Å². The molecule has 1 heterocycles. The molecule has 1 aromatic heterocycles. The van der Waals surface area contributed by atoms with E-state index in [4.69, 9.17) is 9.47 Å². The van der Waals surface area contributed by atoms with Crippen LogP contribution in [0.4, 0.5) is 10.5 Å². The van der Waals surface area contributed by atoms with Gasteiger partial charge in [-0.3, -0.25) is 4.79 Å². The van der Waals surface area contributed by atoms with Crippen molar-refractivity contribution in [3.63, 3.8) is 0 Å². The predicted octanol–water partition coefficient (Wildman–Crippen LogP) is 5.16. The van der Waals surface area contributed by atoms with Gasteiger partial charge >= 0.3 is 6.03 Å². The van der Waals surface area contributed by atoms with E-state index in [2.05, 4.69) is 18.3 Å². The summed E-state index contributed by atoms with van der Waals surface area (Å²) in [5.41, 5.74) is 2.84. The molecule has 0 aliphatic rings. The minimum atomic E-state index is -0.327. The van der Waals surface area contributed by atoms with Crippen LogP contribution in [0.5, 0.6) is 5.75 Å². The van der Waals surface area contributed by atoms with E-state index >= 15 is 0 Å². The first-order valence-corrected chi connectivity index (χ1v) is 12.4. The van der Waals surface area contributed by atoms with Crippen molar-refractivity contribution in [3.05, 3.63) is 82.0 Å². The minimum Gasteiger partial charge on any atom is -0.497 e. The van der Waals surface area contributed by atoms with Gasteiger partial charge in [0.15, 0.2) is 0 Å². The number of carbonyl (C=O) groups excluding carboxylic acids is 2. The molecule has 0 fully saturated rings. The molecule has 0 radical (unpaired) electrons. The zero-order valence-corrected chi connectivity index (χ0v) is 21.3. The van der Waals surface area contributed by atoms with Crippen molar-refractivity contribution in [2.24, 2.45) is 0 Å². The Morgan fingerprint density at radius 1 is 0.943 bits per heavy atom. The van der Waals surface area contributed by atoms with Crippen LogP contribution in [0.2, 0.25) is 0 Å². The van der Waals surface area contributed by atoms with Crippen LogP contribution in [0, 0.1) is 6.92 Å². The summed E-state index contributed by atoms with van der Waals surface area (Å²) in [6.45, 7) is 3.91. The Kier molecular flexibility index (Phi) is 10.1. The molecule has 0 spiro atoms. The number of ether oxygens (including phenoxy) is 2. The molecule has 0 saturated carbocycles. The number of rotatable bonds is 12. The molecule has 186 valence electrons.